The SMILES string of the molecule is COC(=O)CN(C)C(=O)[C@H](Cc1ccc(C(=N)N)cc1)NC(=O)C(N)S(=O)(=O)c1ccc2ccccc2c1.Cl. The molecule has 0 aliphatic heterocycles. The van der Waals surface area contributed by atoms with Gasteiger partial charge in [-0.3, -0.25) is 19.8 Å². The van der Waals surface area contributed by atoms with Crippen LogP contribution in [0.3, 0.4) is 0 Å². The predicted octanol–water partition coefficient (Wildman–Crippen LogP) is 0.963. The molecule has 0 heterocycles. The zero-order chi connectivity index (χ0) is 28.0. The van der Waals surface area contributed by atoms with Crippen LogP contribution in [0, 0.1) is 5.41 Å². The van der Waals surface area contributed by atoms with Crippen molar-refractivity contribution in [3.05, 3.63) is 77.9 Å². The zero-order valence-corrected chi connectivity index (χ0v) is 22.9. The summed E-state index contributed by atoms with van der Waals surface area (Å²) in [6, 6.07) is 16.7. The van der Waals surface area contributed by atoms with Gasteiger partial charge in [0.1, 0.15) is 18.4 Å². The summed E-state index contributed by atoms with van der Waals surface area (Å²) in [5, 5.41) is 9.43. The van der Waals surface area contributed by atoms with Crippen molar-refractivity contribution in [2.45, 2.75) is 22.7 Å². The first-order valence-corrected chi connectivity index (χ1v) is 13.0. The van der Waals surface area contributed by atoms with Gasteiger partial charge in [0, 0.05) is 19.0 Å². The van der Waals surface area contributed by atoms with Gasteiger partial charge >= 0.3 is 5.97 Å². The lowest BCUT2D eigenvalue weighted by atomic mass is 10.0. The second-order valence-electron chi connectivity index (χ2n) is 8.62. The van der Waals surface area contributed by atoms with Crippen molar-refractivity contribution in [2.24, 2.45) is 11.5 Å². The lowest BCUT2D eigenvalue weighted by Crippen LogP contribution is -2.55. The standard InChI is InChI=1S/C26H29N5O6S.ClH/c1-31(15-22(32)37-2)26(34)21(13-16-7-9-18(10-8-16)23(27)28)30-25(33)24(29)38(35,36)20-12-11-17-5-3-4-6-19(17)14-20;/h3-12,14,21,24H,13,15,29H2,1-2H3,(H3,27,28)(H,30,33);1H/t21-,24?;/m0./s1. The van der Waals surface area contributed by atoms with Crippen LogP contribution in [0.2, 0.25) is 0 Å². The Bertz CT molecular complexity index is 1480. The summed E-state index contributed by atoms with van der Waals surface area (Å²) < 4.78 is 30.9. The number of carbonyl (C=O) groups excluding carboxylic acids is 3. The van der Waals surface area contributed by atoms with Gasteiger partial charge in [0.15, 0.2) is 5.37 Å². The first kappa shape index (κ1) is 31.2. The van der Waals surface area contributed by atoms with Gasteiger partial charge in [-0.25, -0.2) is 8.42 Å². The Kier molecular flexibility index (Phi) is 10.6. The molecular formula is C26H30ClN5O6S. The molecule has 3 aromatic carbocycles. The molecule has 0 saturated carbocycles. The first-order valence-electron chi connectivity index (χ1n) is 11.5. The van der Waals surface area contributed by atoms with Gasteiger partial charge in [-0.05, 0) is 28.5 Å². The number of nitrogens with two attached hydrogens (primary N) is 2. The van der Waals surface area contributed by atoms with Crippen molar-refractivity contribution < 1.29 is 27.5 Å². The Hall–Kier alpha value is -4.00. The Morgan fingerprint density at radius 3 is 2.23 bits per heavy atom. The van der Waals surface area contributed by atoms with Crippen LogP contribution in [-0.4, -0.2) is 69.1 Å². The highest BCUT2D eigenvalue weighted by Gasteiger charge is 2.34. The van der Waals surface area contributed by atoms with E-state index in [1.807, 2.05) is 12.1 Å². The highest BCUT2D eigenvalue weighted by atomic mass is 35.5. The molecule has 0 fully saturated rings. The fraction of sp³-hybridized carbons (Fsp3) is 0.231. The Labute approximate surface area is 232 Å². The van der Waals surface area contributed by atoms with Crippen LogP contribution in [0.5, 0.6) is 0 Å². The molecule has 3 rings (SSSR count). The number of amidine groups is 1. The van der Waals surface area contributed by atoms with E-state index in [0.717, 1.165) is 10.3 Å². The summed E-state index contributed by atoms with van der Waals surface area (Å²) in [5.74, 6) is -2.55. The Morgan fingerprint density at radius 1 is 1.03 bits per heavy atom. The van der Waals surface area contributed by atoms with Gasteiger partial charge < -0.3 is 26.4 Å². The highest BCUT2D eigenvalue weighted by molar-refractivity contribution is 7.92. The van der Waals surface area contributed by atoms with Crippen molar-refractivity contribution in [2.75, 3.05) is 20.7 Å². The fourth-order valence-corrected chi connectivity index (χ4v) is 4.94. The number of methoxy groups -OCH3 is 1. The van der Waals surface area contributed by atoms with Gasteiger partial charge in [0.2, 0.25) is 15.7 Å². The van der Waals surface area contributed by atoms with E-state index in [9.17, 15) is 22.8 Å². The quantitative estimate of drug-likeness (QED) is 0.156. The third-order valence-electron chi connectivity index (χ3n) is 5.93. The van der Waals surface area contributed by atoms with E-state index in [-0.39, 0.29) is 36.1 Å². The van der Waals surface area contributed by atoms with Crippen LogP contribution in [0.4, 0.5) is 0 Å². The second kappa shape index (κ2) is 13.2. The van der Waals surface area contributed by atoms with Gasteiger partial charge in [-0.15, -0.1) is 12.4 Å². The molecule has 0 aromatic heterocycles. The number of ether oxygens (including phenoxy) is 1. The smallest absolute Gasteiger partial charge is 0.325 e. The van der Waals surface area contributed by atoms with Crippen molar-refractivity contribution in [3.8, 4) is 0 Å². The van der Waals surface area contributed by atoms with E-state index in [1.165, 1.54) is 26.3 Å². The molecule has 0 aliphatic carbocycles. The summed E-state index contributed by atoms with van der Waals surface area (Å²) in [6.45, 7) is -0.383. The number of nitrogens with one attached hydrogen (secondary N) is 2. The summed E-state index contributed by atoms with van der Waals surface area (Å²) in [4.78, 5) is 38.8. The van der Waals surface area contributed by atoms with Crippen molar-refractivity contribution in [1.29, 1.82) is 5.41 Å². The average Bonchev–Trinajstić information content (AvgIpc) is 2.91. The molecule has 39 heavy (non-hydrogen) atoms. The number of fused-ring (bicyclic) bond motifs is 1. The Balaban J connectivity index is 0.00000533. The molecular weight excluding hydrogens is 546 g/mol. The van der Waals surface area contributed by atoms with E-state index in [1.54, 1.807) is 42.5 Å². The monoisotopic (exact) mass is 575 g/mol. The maximum Gasteiger partial charge on any atom is 0.325 e. The van der Waals surface area contributed by atoms with Crippen LogP contribution in [0.1, 0.15) is 11.1 Å². The molecule has 0 spiro atoms. The number of amides is 2. The number of hydrogen-bond acceptors (Lipinski definition) is 8. The number of hydrogen-bond donors (Lipinski definition) is 4. The van der Waals surface area contributed by atoms with Crippen LogP contribution in [0.15, 0.2) is 71.6 Å². The second-order valence-corrected chi connectivity index (χ2v) is 10.7. The van der Waals surface area contributed by atoms with Crippen LogP contribution in [-0.2, 0) is 35.4 Å². The number of rotatable bonds is 10. The van der Waals surface area contributed by atoms with Gasteiger partial charge in [0.25, 0.3) is 5.91 Å². The summed E-state index contributed by atoms with van der Waals surface area (Å²) >= 11 is 0. The normalized spacial score (nSPS) is 12.5. The molecule has 0 bridgehead atoms. The summed E-state index contributed by atoms with van der Waals surface area (Å²) in [5.41, 5.74) is 12.4. The minimum absolute atomic E-state index is 0. The zero-order valence-electron chi connectivity index (χ0n) is 21.3. The first-order chi connectivity index (χ1) is 17.9. The van der Waals surface area contributed by atoms with Crippen molar-refractivity contribution in [1.82, 2.24) is 10.2 Å². The highest BCUT2D eigenvalue weighted by Crippen LogP contribution is 2.21. The molecule has 208 valence electrons. The van der Waals surface area contributed by atoms with Gasteiger partial charge in [-0.2, -0.15) is 0 Å². The van der Waals surface area contributed by atoms with E-state index in [2.05, 4.69) is 10.1 Å². The van der Waals surface area contributed by atoms with Crippen LogP contribution < -0.4 is 16.8 Å². The summed E-state index contributed by atoms with van der Waals surface area (Å²) in [6.07, 6.45) is -0.0446. The molecule has 2 amide bonds. The van der Waals surface area contributed by atoms with Crippen LogP contribution in [0.25, 0.3) is 10.8 Å². The number of nitrogens with zero attached hydrogens (tertiary/aromatic N) is 1. The minimum atomic E-state index is -4.30. The van der Waals surface area contributed by atoms with Crippen molar-refractivity contribution >= 4 is 56.6 Å². The molecule has 13 heteroatoms. The van der Waals surface area contributed by atoms with E-state index in [4.69, 9.17) is 16.9 Å². The number of nitrogen functional groups attached to an aromatic ring is 1. The molecule has 6 N–H and O–H groups in total. The Morgan fingerprint density at radius 2 is 1.64 bits per heavy atom. The molecule has 0 radical (unpaired) electrons. The lowest BCUT2D eigenvalue weighted by molar-refractivity contribution is -0.147. The van der Waals surface area contributed by atoms with E-state index in [0.29, 0.717) is 16.5 Å². The molecule has 1 unspecified atom stereocenters. The fourth-order valence-electron chi connectivity index (χ4n) is 3.74. The molecule has 2 atom stereocenters. The largest absolute Gasteiger partial charge is 0.468 e. The predicted molar refractivity (Wildman–Crippen MR) is 149 cm³/mol. The maximum atomic E-state index is 13.2. The number of esters is 1. The molecule has 3 aromatic rings. The van der Waals surface area contributed by atoms with Crippen LogP contribution >= 0.6 is 12.4 Å². The van der Waals surface area contributed by atoms with Gasteiger partial charge in [-0.1, -0.05) is 54.6 Å². The molecule has 0 saturated heterocycles. The van der Waals surface area contributed by atoms with Crippen molar-refractivity contribution in [3.63, 3.8) is 0 Å². The number of likely N-dealkylation sites (N-methyl/N-ethyl adjacent to an activating group) is 1. The lowest BCUT2D eigenvalue weighted by Gasteiger charge is -2.25. The van der Waals surface area contributed by atoms with E-state index < -0.39 is 39.0 Å². The number of carbonyl (C=O) groups is 3. The van der Waals surface area contributed by atoms with Gasteiger partial charge in [0.05, 0.1) is 12.0 Å². The minimum Gasteiger partial charge on any atom is -0.468 e. The topological polar surface area (TPSA) is 186 Å². The number of halogens is 1. The summed E-state index contributed by atoms with van der Waals surface area (Å²) in [7, 11) is -1.78. The number of sulfone groups is 1. The third-order valence-corrected chi connectivity index (χ3v) is 7.73. The molecule has 11 nitrogen and oxygen atoms in total. The third kappa shape index (κ3) is 7.53. The molecule has 0 aliphatic rings. The van der Waals surface area contributed by atoms with E-state index >= 15 is 0 Å². The number of benzene rings is 3. The maximum absolute atomic E-state index is 13.2. The average molecular weight is 576 g/mol.